The molecule has 0 aliphatic heterocycles. The molecule has 10 heteroatoms. The summed E-state index contributed by atoms with van der Waals surface area (Å²) in [7, 11) is 1.34. The highest BCUT2D eigenvalue weighted by Gasteiger charge is 2.34. The Morgan fingerprint density at radius 3 is 2.55 bits per heavy atom. The number of nitro groups is 1. The van der Waals surface area contributed by atoms with Crippen molar-refractivity contribution in [2.45, 2.75) is 6.18 Å². The van der Waals surface area contributed by atoms with Crippen LogP contribution in [-0.4, -0.2) is 45.4 Å². The van der Waals surface area contributed by atoms with Crippen LogP contribution in [0.15, 0.2) is 12.3 Å². The molecule has 0 atom stereocenters. The van der Waals surface area contributed by atoms with E-state index in [1.165, 1.54) is 7.05 Å². The molecule has 0 N–H and O–H groups in total. The van der Waals surface area contributed by atoms with E-state index in [4.69, 9.17) is 11.6 Å². The smallest absolute Gasteiger partial charge is 0.340 e. The molecule has 0 spiro atoms. The number of alkyl halides is 4. The van der Waals surface area contributed by atoms with Crippen LogP contribution >= 0.6 is 11.6 Å². The molecule has 0 aliphatic rings. The van der Waals surface area contributed by atoms with Crippen LogP contribution in [0.25, 0.3) is 0 Å². The van der Waals surface area contributed by atoms with Gasteiger partial charge in [0.05, 0.1) is 11.1 Å². The van der Waals surface area contributed by atoms with Crippen LogP contribution in [0.4, 0.5) is 18.9 Å². The zero-order valence-electron chi connectivity index (χ0n) is 10.4. The van der Waals surface area contributed by atoms with Gasteiger partial charge in [0.2, 0.25) is 0 Å². The van der Waals surface area contributed by atoms with Gasteiger partial charge in [-0.25, -0.2) is 0 Å². The molecule has 1 aromatic heterocycles. The Balaban J connectivity index is 3.03. The van der Waals surface area contributed by atoms with Gasteiger partial charge in [0.25, 0.3) is 11.6 Å². The van der Waals surface area contributed by atoms with Crippen molar-refractivity contribution in [2.75, 3.05) is 19.0 Å². The molecule has 0 aromatic carbocycles. The molecular weight excluding hydrogens is 303 g/mol. The standard InChI is InChI=1S/C10H11ClF3N3O3/c1-15-5-7(17(19)20)4-8(15)9(18)16(3-2-11)6-10(12,13)14/h4-5H,2-3,6H2,1H3. The number of amides is 1. The SMILES string of the molecule is Cn1cc([N+](=O)[O-])cc1C(=O)N(CCCl)CC(F)(F)F. The largest absolute Gasteiger partial charge is 0.406 e. The normalized spacial score (nSPS) is 11.4. The van der Waals surface area contributed by atoms with Gasteiger partial charge in [-0.2, -0.15) is 13.2 Å². The topological polar surface area (TPSA) is 68.4 Å². The predicted octanol–water partition coefficient (Wildman–Crippen LogP) is 2.18. The van der Waals surface area contributed by atoms with Crippen molar-refractivity contribution >= 4 is 23.2 Å². The number of hydrogen-bond donors (Lipinski definition) is 0. The summed E-state index contributed by atoms with van der Waals surface area (Å²) in [6.07, 6.45) is -3.52. The van der Waals surface area contributed by atoms with Crippen LogP contribution in [0.1, 0.15) is 10.5 Å². The third-order valence-electron chi connectivity index (χ3n) is 2.43. The molecule has 1 amide bonds. The fraction of sp³-hybridized carbons (Fsp3) is 0.500. The fourth-order valence-corrected chi connectivity index (χ4v) is 1.80. The zero-order chi connectivity index (χ0) is 15.5. The lowest BCUT2D eigenvalue weighted by Crippen LogP contribution is -2.40. The molecule has 0 fully saturated rings. The van der Waals surface area contributed by atoms with Crippen molar-refractivity contribution < 1.29 is 22.9 Å². The second kappa shape index (κ2) is 6.12. The predicted molar refractivity (Wildman–Crippen MR) is 64.7 cm³/mol. The lowest BCUT2D eigenvalue weighted by atomic mass is 10.3. The van der Waals surface area contributed by atoms with Crippen LogP contribution in [0.5, 0.6) is 0 Å². The average molecular weight is 314 g/mol. The lowest BCUT2D eigenvalue weighted by molar-refractivity contribution is -0.384. The molecule has 0 saturated heterocycles. The quantitative estimate of drug-likeness (QED) is 0.475. The maximum Gasteiger partial charge on any atom is 0.406 e. The summed E-state index contributed by atoms with van der Waals surface area (Å²) in [6.45, 7) is -1.77. The maximum atomic E-state index is 12.4. The molecule has 0 aliphatic carbocycles. The van der Waals surface area contributed by atoms with E-state index in [1.54, 1.807) is 0 Å². The van der Waals surface area contributed by atoms with Crippen molar-refractivity contribution in [1.29, 1.82) is 0 Å². The van der Waals surface area contributed by atoms with Gasteiger partial charge >= 0.3 is 6.18 Å². The van der Waals surface area contributed by atoms with Crippen LogP contribution in [0, 0.1) is 10.1 Å². The summed E-state index contributed by atoms with van der Waals surface area (Å²) in [5.41, 5.74) is -0.570. The van der Waals surface area contributed by atoms with Crippen molar-refractivity contribution in [1.82, 2.24) is 9.47 Å². The Hall–Kier alpha value is -1.77. The minimum Gasteiger partial charge on any atom is -0.340 e. The van der Waals surface area contributed by atoms with Gasteiger partial charge < -0.3 is 9.47 Å². The van der Waals surface area contributed by atoms with Crippen LogP contribution < -0.4 is 0 Å². The van der Waals surface area contributed by atoms with Crippen molar-refractivity contribution in [3.05, 3.63) is 28.1 Å². The summed E-state index contributed by atoms with van der Waals surface area (Å²) < 4.78 is 38.3. The third-order valence-corrected chi connectivity index (χ3v) is 2.60. The Labute approximate surface area is 116 Å². The second-order valence-corrected chi connectivity index (χ2v) is 4.36. The zero-order valence-corrected chi connectivity index (χ0v) is 11.1. The van der Waals surface area contributed by atoms with E-state index in [0.29, 0.717) is 4.90 Å². The molecule has 0 unspecified atom stereocenters. The lowest BCUT2D eigenvalue weighted by Gasteiger charge is -2.23. The number of aromatic nitrogens is 1. The van der Waals surface area contributed by atoms with Crippen molar-refractivity contribution in [3.8, 4) is 0 Å². The number of nitrogens with zero attached hydrogens (tertiary/aromatic N) is 3. The van der Waals surface area contributed by atoms with Crippen LogP contribution in [-0.2, 0) is 7.05 Å². The Morgan fingerprint density at radius 2 is 2.15 bits per heavy atom. The van der Waals surface area contributed by atoms with E-state index >= 15 is 0 Å². The third kappa shape index (κ3) is 4.12. The molecule has 0 saturated carbocycles. The molecule has 112 valence electrons. The highest BCUT2D eigenvalue weighted by atomic mass is 35.5. The summed E-state index contributed by atoms with van der Waals surface area (Å²) in [6, 6.07) is 0.930. The first-order valence-corrected chi connectivity index (χ1v) is 5.92. The molecule has 1 aromatic rings. The molecule has 0 bridgehead atoms. The van der Waals surface area contributed by atoms with Gasteiger partial charge in [-0.05, 0) is 0 Å². The number of halogens is 4. The number of carbonyl (C=O) groups is 1. The number of rotatable bonds is 5. The van der Waals surface area contributed by atoms with Gasteiger partial charge in [-0.3, -0.25) is 14.9 Å². The van der Waals surface area contributed by atoms with Crippen molar-refractivity contribution in [3.63, 3.8) is 0 Å². The van der Waals surface area contributed by atoms with Crippen LogP contribution in [0.3, 0.4) is 0 Å². The van der Waals surface area contributed by atoms with E-state index in [2.05, 4.69) is 0 Å². The minimum atomic E-state index is -4.57. The van der Waals surface area contributed by atoms with E-state index in [1.807, 2.05) is 0 Å². The average Bonchev–Trinajstić information content (AvgIpc) is 2.68. The Kier molecular flexibility index (Phi) is 4.98. The van der Waals surface area contributed by atoms with Gasteiger partial charge in [0, 0.05) is 25.5 Å². The van der Waals surface area contributed by atoms with Crippen molar-refractivity contribution in [2.24, 2.45) is 7.05 Å². The van der Waals surface area contributed by atoms with E-state index in [0.717, 1.165) is 16.8 Å². The van der Waals surface area contributed by atoms with E-state index < -0.39 is 23.6 Å². The molecule has 0 radical (unpaired) electrons. The van der Waals surface area contributed by atoms with Gasteiger partial charge in [0.15, 0.2) is 0 Å². The summed E-state index contributed by atoms with van der Waals surface area (Å²) in [4.78, 5) is 22.3. The summed E-state index contributed by atoms with van der Waals surface area (Å²) in [5, 5.41) is 10.6. The Morgan fingerprint density at radius 1 is 1.55 bits per heavy atom. The highest BCUT2D eigenvalue weighted by molar-refractivity contribution is 6.18. The van der Waals surface area contributed by atoms with Crippen LogP contribution in [0.2, 0.25) is 0 Å². The van der Waals surface area contributed by atoms with E-state index in [-0.39, 0.29) is 23.8 Å². The second-order valence-electron chi connectivity index (χ2n) is 3.98. The molecule has 6 nitrogen and oxygen atoms in total. The highest BCUT2D eigenvalue weighted by Crippen LogP contribution is 2.21. The summed E-state index contributed by atoms with van der Waals surface area (Å²) in [5.74, 6) is -1.13. The number of hydrogen-bond acceptors (Lipinski definition) is 3. The Bertz CT molecular complexity index is 516. The first kappa shape index (κ1) is 16.3. The first-order valence-electron chi connectivity index (χ1n) is 5.38. The molecular formula is C10H11ClF3N3O3. The monoisotopic (exact) mass is 313 g/mol. The van der Waals surface area contributed by atoms with Gasteiger partial charge in [-0.1, -0.05) is 0 Å². The number of carbonyl (C=O) groups excluding carboxylic acids is 1. The molecule has 20 heavy (non-hydrogen) atoms. The molecule has 1 heterocycles. The maximum absolute atomic E-state index is 12.4. The van der Waals surface area contributed by atoms with Gasteiger partial charge in [0.1, 0.15) is 12.2 Å². The van der Waals surface area contributed by atoms with Gasteiger partial charge in [-0.15, -0.1) is 11.6 Å². The minimum absolute atomic E-state index is 0.172. The van der Waals surface area contributed by atoms with E-state index in [9.17, 15) is 28.1 Å². The number of aryl methyl sites for hydroxylation is 1. The molecule has 1 rings (SSSR count). The first-order chi connectivity index (χ1) is 9.15. The summed E-state index contributed by atoms with van der Waals surface area (Å²) >= 11 is 5.38. The fourth-order valence-electron chi connectivity index (χ4n) is 1.59.